The van der Waals surface area contributed by atoms with Gasteiger partial charge in [-0.05, 0) is 19.1 Å². The first-order chi connectivity index (χ1) is 7.70. The van der Waals surface area contributed by atoms with Crippen molar-refractivity contribution in [2.24, 2.45) is 0 Å². The molecule has 16 heavy (non-hydrogen) atoms. The second kappa shape index (κ2) is 4.49. The zero-order valence-corrected chi connectivity index (χ0v) is 9.09. The number of aromatic hydroxyl groups is 1. The van der Waals surface area contributed by atoms with Gasteiger partial charge in [0.15, 0.2) is 0 Å². The van der Waals surface area contributed by atoms with Crippen molar-refractivity contribution < 1.29 is 14.6 Å². The standard InChI is InChI=1S/C11H14N2O3/c1-8-2-3-9(15)11(12-8)10-6-13(7-14)4-5-16-10/h2-3,7,10,15H,4-6H2,1H3. The minimum Gasteiger partial charge on any atom is -0.506 e. The average Bonchev–Trinajstić information content (AvgIpc) is 2.32. The lowest BCUT2D eigenvalue weighted by molar-refractivity contribution is -0.125. The fraction of sp³-hybridized carbons (Fsp3) is 0.455. The summed E-state index contributed by atoms with van der Waals surface area (Å²) in [5.74, 6) is 0.114. The molecule has 1 aliphatic rings. The molecular weight excluding hydrogens is 208 g/mol. The molecule has 1 unspecified atom stereocenters. The van der Waals surface area contributed by atoms with E-state index in [-0.39, 0.29) is 11.9 Å². The third-order valence-electron chi connectivity index (χ3n) is 2.59. The Morgan fingerprint density at radius 3 is 3.19 bits per heavy atom. The lowest BCUT2D eigenvalue weighted by Gasteiger charge is -2.30. The van der Waals surface area contributed by atoms with E-state index in [0.717, 1.165) is 12.1 Å². The first-order valence-electron chi connectivity index (χ1n) is 5.18. The van der Waals surface area contributed by atoms with Crippen LogP contribution < -0.4 is 0 Å². The Balaban J connectivity index is 2.22. The Morgan fingerprint density at radius 2 is 2.44 bits per heavy atom. The van der Waals surface area contributed by atoms with E-state index in [2.05, 4.69) is 4.98 Å². The number of nitrogens with zero attached hydrogens (tertiary/aromatic N) is 2. The SMILES string of the molecule is Cc1ccc(O)c(C2CN(C=O)CCO2)n1. The maximum atomic E-state index is 10.7. The fourth-order valence-electron chi connectivity index (χ4n) is 1.74. The molecule has 2 heterocycles. The van der Waals surface area contributed by atoms with Crippen LogP contribution in [0.5, 0.6) is 5.75 Å². The number of hydrogen-bond acceptors (Lipinski definition) is 4. The van der Waals surface area contributed by atoms with E-state index in [9.17, 15) is 9.90 Å². The lowest BCUT2D eigenvalue weighted by atomic mass is 10.1. The van der Waals surface area contributed by atoms with Gasteiger partial charge in [-0.3, -0.25) is 9.78 Å². The summed E-state index contributed by atoms with van der Waals surface area (Å²) in [6.07, 6.45) is 0.460. The Morgan fingerprint density at radius 1 is 1.62 bits per heavy atom. The lowest BCUT2D eigenvalue weighted by Crippen LogP contribution is -2.37. The van der Waals surface area contributed by atoms with Crippen LogP contribution >= 0.6 is 0 Å². The van der Waals surface area contributed by atoms with E-state index < -0.39 is 0 Å². The number of aryl methyl sites for hydroxylation is 1. The maximum Gasteiger partial charge on any atom is 0.209 e. The number of aromatic nitrogens is 1. The average molecular weight is 222 g/mol. The topological polar surface area (TPSA) is 62.7 Å². The zero-order valence-electron chi connectivity index (χ0n) is 9.09. The summed E-state index contributed by atoms with van der Waals surface area (Å²) in [6, 6.07) is 3.33. The van der Waals surface area contributed by atoms with Gasteiger partial charge in [0.2, 0.25) is 6.41 Å². The Hall–Kier alpha value is -1.62. The third-order valence-corrected chi connectivity index (χ3v) is 2.59. The van der Waals surface area contributed by atoms with Crippen molar-refractivity contribution in [1.82, 2.24) is 9.88 Å². The predicted molar refractivity (Wildman–Crippen MR) is 57.0 cm³/mol. The van der Waals surface area contributed by atoms with Crippen molar-refractivity contribution in [3.05, 3.63) is 23.5 Å². The summed E-state index contributed by atoms with van der Waals surface area (Å²) in [4.78, 5) is 16.5. The van der Waals surface area contributed by atoms with Gasteiger partial charge in [-0.1, -0.05) is 0 Å². The van der Waals surface area contributed by atoms with Crippen LogP contribution in [0.3, 0.4) is 0 Å². The summed E-state index contributed by atoms with van der Waals surface area (Å²) < 4.78 is 5.51. The second-order valence-electron chi connectivity index (χ2n) is 3.82. The van der Waals surface area contributed by atoms with Gasteiger partial charge in [0.1, 0.15) is 17.5 Å². The van der Waals surface area contributed by atoms with E-state index in [1.54, 1.807) is 17.0 Å². The molecule has 1 aliphatic heterocycles. The monoisotopic (exact) mass is 222 g/mol. The van der Waals surface area contributed by atoms with Gasteiger partial charge in [0.05, 0.1) is 13.2 Å². The van der Waals surface area contributed by atoms with E-state index in [1.807, 2.05) is 6.92 Å². The van der Waals surface area contributed by atoms with Gasteiger partial charge in [-0.15, -0.1) is 0 Å². The second-order valence-corrected chi connectivity index (χ2v) is 3.82. The number of hydrogen-bond donors (Lipinski definition) is 1. The van der Waals surface area contributed by atoms with E-state index in [0.29, 0.717) is 25.4 Å². The van der Waals surface area contributed by atoms with Crippen LogP contribution in [0, 0.1) is 6.92 Å². The predicted octanol–water partition coefficient (Wildman–Crippen LogP) is 0.625. The summed E-state index contributed by atoms with van der Waals surface area (Å²) in [5, 5.41) is 9.70. The van der Waals surface area contributed by atoms with Crippen LogP contribution in [0.15, 0.2) is 12.1 Å². The summed E-state index contributed by atoms with van der Waals surface area (Å²) in [7, 11) is 0. The molecule has 0 bridgehead atoms. The van der Waals surface area contributed by atoms with Crippen molar-refractivity contribution in [2.75, 3.05) is 19.7 Å². The molecule has 1 aromatic rings. The highest BCUT2D eigenvalue weighted by atomic mass is 16.5. The molecule has 1 amide bonds. The van der Waals surface area contributed by atoms with Crippen LogP contribution in [-0.4, -0.2) is 41.1 Å². The van der Waals surface area contributed by atoms with E-state index >= 15 is 0 Å². The van der Waals surface area contributed by atoms with Crippen LogP contribution in [0.4, 0.5) is 0 Å². The van der Waals surface area contributed by atoms with Gasteiger partial charge in [-0.25, -0.2) is 0 Å². The quantitative estimate of drug-likeness (QED) is 0.745. The molecule has 1 N–H and O–H groups in total. The summed E-state index contributed by atoms with van der Waals surface area (Å²) in [6.45, 7) is 3.35. The molecule has 0 aliphatic carbocycles. The zero-order chi connectivity index (χ0) is 11.5. The molecule has 86 valence electrons. The van der Waals surface area contributed by atoms with Crippen molar-refractivity contribution in [3.8, 4) is 5.75 Å². The Labute approximate surface area is 93.7 Å². The fourth-order valence-corrected chi connectivity index (χ4v) is 1.74. The van der Waals surface area contributed by atoms with E-state index in [4.69, 9.17) is 4.74 Å². The number of carbonyl (C=O) groups is 1. The first-order valence-corrected chi connectivity index (χ1v) is 5.18. The van der Waals surface area contributed by atoms with Gasteiger partial charge in [0, 0.05) is 12.2 Å². The molecule has 5 heteroatoms. The van der Waals surface area contributed by atoms with Crippen LogP contribution in [0.1, 0.15) is 17.5 Å². The summed E-state index contributed by atoms with van der Waals surface area (Å²) in [5.41, 5.74) is 1.33. The number of pyridine rings is 1. The molecule has 1 fully saturated rings. The van der Waals surface area contributed by atoms with Crippen molar-refractivity contribution in [2.45, 2.75) is 13.0 Å². The molecular formula is C11H14N2O3. The van der Waals surface area contributed by atoms with Crippen molar-refractivity contribution in [3.63, 3.8) is 0 Å². The van der Waals surface area contributed by atoms with Crippen molar-refractivity contribution >= 4 is 6.41 Å². The molecule has 0 spiro atoms. The molecule has 1 aromatic heterocycles. The van der Waals surface area contributed by atoms with Gasteiger partial charge in [-0.2, -0.15) is 0 Å². The molecule has 1 atom stereocenters. The highest BCUT2D eigenvalue weighted by molar-refractivity contribution is 5.47. The van der Waals surface area contributed by atoms with Crippen LogP contribution in [-0.2, 0) is 9.53 Å². The normalized spacial score (nSPS) is 20.8. The van der Waals surface area contributed by atoms with Gasteiger partial charge >= 0.3 is 0 Å². The minimum atomic E-state index is -0.334. The highest BCUT2D eigenvalue weighted by Gasteiger charge is 2.24. The summed E-state index contributed by atoms with van der Waals surface area (Å²) >= 11 is 0. The Kier molecular flexibility index (Phi) is 3.05. The number of amides is 1. The molecule has 1 saturated heterocycles. The number of morpholine rings is 1. The molecule has 0 saturated carbocycles. The minimum absolute atomic E-state index is 0.114. The Bertz CT molecular complexity index is 395. The van der Waals surface area contributed by atoms with Gasteiger partial charge in [0.25, 0.3) is 0 Å². The van der Waals surface area contributed by atoms with Gasteiger partial charge < -0.3 is 14.7 Å². The highest BCUT2D eigenvalue weighted by Crippen LogP contribution is 2.27. The number of rotatable bonds is 2. The smallest absolute Gasteiger partial charge is 0.209 e. The number of carbonyl (C=O) groups excluding carboxylic acids is 1. The molecule has 0 radical (unpaired) electrons. The molecule has 2 rings (SSSR count). The van der Waals surface area contributed by atoms with Crippen LogP contribution in [0.2, 0.25) is 0 Å². The van der Waals surface area contributed by atoms with Crippen LogP contribution in [0.25, 0.3) is 0 Å². The largest absolute Gasteiger partial charge is 0.506 e. The number of ether oxygens (including phenoxy) is 1. The van der Waals surface area contributed by atoms with E-state index in [1.165, 1.54) is 0 Å². The maximum absolute atomic E-state index is 10.7. The van der Waals surface area contributed by atoms with Crippen molar-refractivity contribution in [1.29, 1.82) is 0 Å². The first kappa shape index (κ1) is 10.9. The third kappa shape index (κ3) is 2.14. The molecule has 0 aromatic carbocycles. The molecule has 5 nitrogen and oxygen atoms in total.